The van der Waals surface area contributed by atoms with Gasteiger partial charge in [0.05, 0.1) is 5.39 Å². The molecule has 1 aliphatic rings. The van der Waals surface area contributed by atoms with E-state index in [-0.39, 0.29) is 0 Å². The topological polar surface area (TPSA) is 31.6 Å². The number of fused-ring (bicyclic) bond motifs is 3. The molecular weight excluding hydrogens is 204 g/mol. The van der Waals surface area contributed by atoms with Crippen LogP contribution < -0.4 is 9.47 Å². The van der Waals surface area contributed by atoms with Gasteiger partial charge in [-0.15, -0.1) is 0 Å². The fourth-order valence-corrected chi connectivity index (χ4v) is 1.61. The lowest BCUT2D eigenvalue weighted by Gasteiger charge is -1.94. The maximum atomic E-state index is 5.46. The zero-order valence-corrected chi connectivity index (χ0v) is 9.87. The fraction of sp³-hybridized carbons (Fsp3) is 0.385. The van der Waals surface area contributed by atoms with Gasteiger partial charge in [-0.1, -0.05) is 20.3 Å². The van der Waals surface area contributed by atoms with E-state index in [0.717, 1.165) is 28.2 Å². The molecule has 1 aromatic heterocycles. The standard InChI is InChI=1S/C10H8O3.C3H8/c1-6-4-7-8(13-6)2-3-9-10(7)12-5-11-9;1-3-2/h2-4H,5H2,1H3;3H2,1-2H3. The third-order valence-corrected chi connectivity index (χ3v) is 2.16. The maximum absolute atomic E-state index is 5.46. The van der Waals surface area contributed by atoms with Gasteiger partial charge in [0.15, 0.2) is 11.5 Å². The highest BCUT2D eigenvalue weighted by Crippen LogP contribution is 2.40. The van der Waals surface area contributed by atoms with Crippen LogP contribution in [0.15, 0.2) is 22.6 Å². The highest BCUT2D eigenvalue weighted by atomic mass is 16.7. The summed E-state index contributed by atoms with van der Waals surface area (Å²) in [7, 11) is 0. The van der Waals surface area contributed by atoms with Gasteiger partial charge in [-0.3, -0.25) is 0 Å². The second kappa shape index (κ2) is 4.47. The average molecular weight is 220 g/mol. The lowest BCUT2D eigenvalue weighted by Crippen LogP contribution is -1.93. The molecule has 0 unspecified atom stereocenters. The molecule has 3 heteroatoms. The Morgan fingerprint density at radius 2 is 1.94 bits per heavy atom. The minimum absolute atomic E-state index is 0.304. The largest absolute Gasteiger partial charge is 0.461 e. The quantitative estimate of drug-likeness (QED) is 0.675. The van der Waals surface area contributed by atoms with Gasteiger partial charge in [0.2, 0.25) is 6.79 Å². The highest BCUT2D eigenvalue weighted by molar-refractivity contribution is 5.87. The first kappa shape index (κ1) is 10.9. The Balaban J connectivity index is 0.000000292. The molecule has 3 nitrogen and oxygen atoms in total. The number of furan rings is 1. The number of rotatable bonds is 0. The zero-order chi connectivity index (χ0) is 11.5. The van der Waals surface area contributed by atoms with Crippen molar-refractivity contribution in [1.82, 2.24) is 0 Å². The summed E-state index contributed by atoms with van der Waals surface area (Å²) in [6.45, 7) is 6.47. The molecule has 3 rings (SSSR count). The van der Waals surface area contributed by atoms with Crippen molar-refractivity contribution in [3.05, 3.63) is 24.0 Å². The Bertz CT molecular complexity index is 485. The summed E-state index contributed by atoms with van der Waals surface area (Å²) >= 11 is 0. The predicted molar refractivity (Wildman–Crippen MR) is 63.0 cm³/mol. The van der Waals surface area contributed by atoms with E-state index in [4.69, 9.17) is 13.9 Å². The number of benzene rings is 1. The van der Waals surface area contributed by atoms with Crippen LogP contribution in [0.4, 0.5) is 0 Å². The van der Waals surface area contributed by atoms with Crippen LogP contribution in [-0.4, -0.2) is 6.79 Å². The zero-order valence-electron chi connectivity index (χ0n) is 9.87. The van der Waals surface area contributed by atoms with Crippen LogP contribution in [0.1, 0.15) is 26.0 Å². The van der Waals surface area contributed by atoms with Gasteiger partial charge in [-0.25, -0.2) is 0 Å². The summed E-state index contributed by atoms with van der Waals surface area (Å²) < 4.78 is 16.1. The molecule has 86 valence electrons. The van der Waals surface area contributed by atoms with Crippen molar-refractivity contribution in [2.24, 2.45) is 0 Å². The van der Waals surface area contributed by atoms with E-state index in [1.165, 1.54) is 6.42 Å². The fourth-order valence-electron chi connectivity index (χ4n) is 1.61. The molecule has 0 bridgehead atoms. The molecular formula is C13H16O3. The van der Waals surface area contributed by atoms with E-state index in [9.17, 15) is 0 Å². The second-order valence-electron chi connectivity index (χ2n) is 3.78. The van der Waals surface area contributed by atoms with Gasteiger partial charge in [0, 0.05) is 0 Å². The van der Waals surface area contributed by atoms with Crippen LogP contribution in [-0.2, 0) is 0 Å². The minimum atomic E-state index is 0.304. The molecule has 0 amide bonds. The van der Waals surface area contributed by atoms with Gasteiger partial charge >= 0.3 is 0 Å². The van der Waals surface area contributed by atoms with Gasteiger partial charge in [0.25, 0.3) is 0 Å². The number of ether oxygens (including phenoxy) is 2. The second-order valence-corrected chi connectivity index (χ2v) is 3.78. The van der Waals surface area contributed by atoms with Crippen LogP contribution in [0, 0.1) is 6.92 Å². The molecule has 0 atom stereocenters. The molecule has 2 heterocycles. The summed E-state index contributed by atoms with van der Waals surface area (Å²) in [6.07, 6.45) is 1.25. The predicted octanol–water partition coefficient (Wildman–Crippen LogP) is 3.89. The Morgan fingerprint density at radius 3 is 2.69 bits per heavy atom. The minimum Gasteiger partial charge on any atom is -0.461 e. The Kier molecular flexibility index (Phi) is 3.04. The Morgan fingerprint density at radius 1 is 1.19 bits per heavy atom. The van der Waals surface area contributed by atoms with Crippen LogP contribution >= 0.6 is 0 Å². The molecule has 0 fully saturated rings. The van der Waals surface area contributed by atoms with Crippen molar-refractivity contribution in [1.29, 1.82) is 0 Å². The van der Waals surface area contributed by atoms with Gasteiger partial charge in [0.1, 0.15) is 11.3 Å². The average Bonchev–Trinajstić information content (AvgIpc) is 2.81. The summed E-state index contributed by atoms with van der Waals surface area (Å²) in [5, 5.41) is 0.993. The molecule has 0 spiro atoms. The first-order valence-electron chi connectivity index (χ1n) is 5.55. The number of hydrogen-bond donors (Lipinski definition) is 0. The Hall–Kier alpha value is -1.64. The van der Waals surface area contributed by atoms with Crippen LogP contribution in [0.25, 0.3) is 11.0 Å². The van der Waals surface area contributed by atoms with E-state index in [0.29, 0.717) is 6.79 Å². The molecule has 0 radical (unpaired) electrons. The van der Waals surface area contributed by atoms with Crippen LogP contribution in [0.5, 0.6) is 11.5 Å². The third kappa shape index (κ3) is 1.85. The Labute approximate surface area is 95.0 Å². The van der Waals surface area contributed by atoms with Crippen LogP contribution in [0.2, 0.25) is 0 Å². The van der Waals surface area contributed by atoms with E-state index >= 15 is 0 Å². The first-order valence-corrected chi connectivity index (χ1v) is 5.55. The van der Waals surface area contributed by atoms with Crippen molar-refractivity contribution in [3.8, 4) is 11.5 Å². The van der Waals surface area contributed by atoms with Gasteiger partial charge < -0.3 is 13.9 Å². The van der Waals surface area contributed by atoms with Crippen LogP contribution in [0.3, 0.4) is 0 Å². The molecule has 1 aliphatic heterocycles. The normalized spacial score (nSPS) is 12.4. The monoisotopic (exact) mass is 220 g/mol. The first-order chi connectivity index (χ1) is 7.76. The van der Waals surface area contributed by atoms with E-state index in [2.05, 4.69) is 13.8 Å². The van der Waals surface area contributed by atoms with Crippen molar-refractivity contribution >= 4 is 11.0 Å². The summed E-state index contributed by atoms with van der Waals surface area (Å²) in [5.74, 6) is 2.49. The molecule has 2 aromatic rings. The molecule has 0 aliphatic carbocycles. The smallest absolute Gasteiger partial charge is 0.231 e. The van der Waals surface area contributed by atoms with Crippen molar-refractivity contribution in [2.45, 2.75) is 27.2 Å². The van der Waals surface area contributed by atoms with Crippen molar-refractivity contribution in [3.63, 3.8) is 0 Å². The van der Waals surface area contributed by atoms with Crippen molar-refractivity contribution < 1.29 is 13.9 Å². The summed E-state index contributed by atoms with van der Waals surface area (Å²) in [5.41, 5.74) is 0.849. The molecule has 0 saturated heterocycles. The number of hydrogen-bond acceptors (Lipinski definition) is 3. The lowest BCUT2D eigenvalue weighted by molar-refractivity contribution is 0.175. The molecule has 0 saturated carbocycles. The third-order valence-electron chi connectivity index (χ3n) is 2.16. The number of aryl methyl sites for hydroxylation is 1. The lowest BCUT2D eigenvalue weighted by atomic mass is 10.2. The SMILES string of the molecule is CCC.Cc1cc2c3c(ccc2o1)OCO3. The van der Waals surface area contributed by atoms with Crippen molar-refractivity contribution in [2.75, 3.05) is 6.79 Å². The molecule has 16 heavy (non-hydrogen) atoms. The summed E-state index contributed by atoms with van der Waals surface area (Å²) in [6, 6.07) is 5.73. The van der Waals surface area contributed by atoms with E-state index in [1.807, 2.05) is 25.1 Å². The van der Waals surface area contributed by atoms with E-state index in [1.54, 1.807) is 0 Å². The molecule has 0 N–H and O–H groups in total. The summed E-state index contributed by atoms with van der Waals surface area (Å²) in [4.78, 5) is 0. The highest BCUT2D eigenvalue weighted by Gasteiger charge is 2.18. The van der Waals surface area contributed by atoms with Gasteiger partial charge in [-0.05, 0) is 25.1 Å². The molecule has 1 aromatic carbocycles. The maximum Gasteiger partial charge on any atom is 0.231 e. The van der Waals surface area contributed by atoms with E-state index < -0.39 is 0 Å². The van der Waals surface area contributed by atoms with Gasteiger partial charge in [-0.2, -0.15) is 0 Å².